The van der Waals surface area contributed by atoms with Gasteiger partial charge in [-0.2, -0.15) is 4.31 Å². The van der Waals surface area contributed by atoms with Crippen molar-refractivity contribution in [3.63, 3.8) is 0 Å². The van der Waals surface area contributed by atoms with Crippen molar-refractivity contribution in [1.82, 2.24) is 9.62 Å². The molecule has 1 unspecified atom stereocenters. The van der Waals surface area contributed by atoms with Crippen LogP contribution in [0.5, 0.6) is 5.75 Å². The SMILES string of the molecule is O=C(NCc1ccccc1OCc1ccccc1)C1CCCN1S(=O)(=O)c1cccs1. The quantitative estimate of drug-likeness (QED) is 0.560. The largest absolute Gasteiger partial charge is 0.489 e. The maximum absolute atomic E-state index is 12.9. The Kier molecular flexibility index (Phi) is 6.70. The van der Waals surface area contributed by atoms with Crippen molar-refractivity contribution in [2.24, 2.45) is 0 Å². The smallest absolute Gasteiger partial charge is 0.253 e. The monoisotopic (exact) mass is 456 g/mol. The second-order valence-electron chi connectivity index (χ2n) is 7.31. The summed E-state index contributed by atoms with van der Waals surface area (Å²) in [5.74, 6) is 0.414. The summed E-state index contributed by atoms with van der Waals surface area (Å²) in [5.41, 5.74) is 1.90. The van der Waals surface area contributed by atoms with Gasteiger partial charge in [0.15, 0.2) is 0 Å². The van der Waals surface area contributed by atoms with E-state index in [1.807, 2.05) is 54.6 Å². The Bertz CT molecular complexity index is 1120. The van der Waals surface area contributed by atoms with Crippen molar-refractivity contribution < 1.29 is 17.9 Å². The fourth-order valence-electron chi connectivity index (χ4n) is 3.64. The average Bonchev–Trinajstić information content (AvgIpc) is 3.50. The molecule has 162 valence electrons. The van der Waals surface area contributed by atoms with Gasteiger partial charge in [-0.15, -0.1) is 11.3 Å². The number of carbonyl (C=O) groups excluding carboxylic acids is 1. The minimum absolute atomic E-state index is 0.270. The number of para-hydroxylation sites is 1. The Morgan fingerprint density at radius 2 is 1.84 bits per heavy atom. The molecule has 1 saturated heterocycles. The number of thiophene rings is 1. The van der Waals surface area contributed by atoms with Crippen molar-refractivity contribution in [2.45, 2.75) is 36.2 Å². The van der Waals surface area contributed by atoms with Crippen LogP contribution in [-0.2, 0) is 28.0 Å². The van der Waals surface area contributed by atoms with Gasteiger partial charge in [0, 0.05) is 18.7 Å². The highest BCUT2D eigenvalue weighted by molar-refractivity contribution is 7.91. The van der Waals surface area contributed by atoms with E-state index in [4.69, 9.17) is 4.74 Å². The zero-order valence-corrected chi connectivity index (χ0v) is 18.6. The molecule has 3 aromatic rings. The van der Waals surface area contributed by atoms with Gasteiger partial charge in [-0.05, 0) is 35.9 Å². The Balaban J connectivity index is 1.41. The van der Waals surface area contributed by atoms with Crippen LogP contribution in [0.4, 0.5) is 0 Å². The van der Waals surface area contributed by atoms with Crippen LogP contribution in [0.3, 0.4) is 0 Å². The van der Waals surface area contributed by atoms with E-state index in [9.17, 15) is 13.2 Å². The van der Waals surface area contributed by atoms with Crippen LogP contribution in [-0.4, -0.2) is 31.2 Å². The first kappa shape index (κ1) is 21.5. The molecular formula is C23H24N2O4S2. The lowest BCUT2D eigenvalue weighted by Crippen LogP contribution is -2.45. The van der Waals surface area contributed by atoms with Crippen molar-refractivity contribution in [3.05, 3.63) is 83.2 Å². The van der Waals surface area contributed by atoms with Gasteiger partial charge in [0.25, 0.3) is 10.0 Å². The van der Waals surface area contributed by atoms with Gasteiger partial charge in [-0.25, -0.2) is 8.42 Å². The van der Waals surface area contributed by atoms with Gasteiger partial charge < -0.3 is 10.1 Å². The van der Waals surface area contributed by atoms with Crippen LogP contribution in [0, 0.1) is 0 Å². The number of nitrogens with zero attached hydrogens (tertiary/aromatic N) is 1. The molecule has 2 heterocycles. The maximum atomic E-state index is 12.9. The summed E-state index contributed by atoms with van der Waals surface area (Å²) in [7, 11) is -3.65. The molecule has 8 heteroatoms. The predicted octanol–water partition coefficient (Wildman–Crippen LogP) is 3.80. The summed E-state index contributed by atoms with van der Waals surface area (Å²) in [5, 5.41) is 4.63. The maximum Gasteiger partial charge on any atom is 0.253 e. The molecule has 6 nitrogen and oxygen atoms in total. The van der Waals surface area contributed by atoms with E-state index >= 15 is 0 Å². The molecule has 0 radical (unpaired) electrons. The third-order valence-corrected chi connectivity index (χ3v) is 8.51. The summed E-state index contributed by atoms with van der Waals surface area (Å²) in [6.45, 7) is 1.06. The number of nitrogens with one attached hydrogen (secondary N) is 1. The number of benzene rings is 2. The molecule has 1 aromatic heterocycles. The van der Waals surface area contributed by atoms with Gasteiger partial charge in [0.1, 0.15) is 22.6 Å². The number of rotatable bonds is 8. The summed E-state index contributed by atoms with van der Waals surface area (Å²) in [6.07, 6.45) is 1.18. The second kappa shape index (κ2) is 9.64. The Morgan fingerprint density at radius 1 is 1.06 bits per heavy atom. The van der Waals surface area contributed by atoms with Crippen molar-refractivity contribution >= 4 is 27.3 Å². The minimum Gasteiger partial charge on any atom is -0.489 e. The number of ether oxygens (including phenoxy) is 1. The van der Waals surface area contributed by atoms with E-state index in [0.29, 0.717) is 31.7 Å². The molecule has 1 N–H and O–H groups in total. The van der Waals surface area contributed by atoms with Crippen LogP contribution in [0.25, 0.3) is 0 Å². The highest BCUT2D eigenvalue weighted by Gasteiger charge is 2.39. The topological polar surface area (TPSA) is 75.7 Å². The third-order valence-electron chi connectivity index (χ3n) is 5.23. The van der Waals surface area contributed by atoms with E-state index in [1.165, 1.54) is 15.6 Å². The van der Waals surface area contributed by atoms with Crippen molar-refractivity contribution in [1.29, 1.82) is 0 Å². The van der Waals surface area contributed by atoms with E-state index in [-0.39, 0.29) is 16.7 Å². The number of carbonyl (C=O) groups is 1. The normalized spacial score (nSPS) is 16.8. The highest BCUT2D eigenvalue weighted by Crippen LogP contribution is 2.29. The molecule has 31 heavy (non-hydrogen) atoms. The molecule has 1 aliphatic heterocycles. The number of hydrogen-bond acceptors (Lipinski definition) is 5. The fourth-order valence-corrected chi connectivity index (χ4v) is 6.42. The van der Waals surface area contributed by atoms with Crippen LogP contribution in [0.1, 0.15) is 24.0 Å². The van der Waals surface area contributed by atoms with E-state index < -0.39 is 16.1 Å². The predicted molar refractivity (Wildman–Crippen MR) is 120 cm³/mol. The first-order chi connectivity index (χ1) is 15.1. The van der Waals surface area contributed by atoms with Gasteiger partial charge in [-0.3, -0.25) is 4.79 Å². The van der Waals surface area contributed by atoms with Gasteiger partial charge in [0.05, 0.1) is 0 Å². The van der Waals surface area contributed by atoms with Crippen LogP contribution in [0.2, 0.25) is 0 Å². The van der Waals surface area contributed by atoms with Gasteiger partial charge in [-0.1, -0.05) is 54.6 Å². The highest BCUT2D eigenvalue weighted by atomic mass is 32.2. The summed E-state index contributed by atoms with van der Waals surface area (Å²) in [4.78, 5) is 12.9. The lowest BCUT2D eigenvalue weighted by molar-refractivity contribution is -0.124. The average molecular weight is 457 g/mol. The first-order valence-corrected chi connectivity index (χ1v) is 12.5. The molecule has 0 bridgehead atoms. The summed E-state index contributed by atoms with van der Waals surface area (Å²) < 4.78 is 33.3. The Hall–Kier alpha value is -2.68. The van der Waals surface area contributed by atoms with Gasteiger partial charge >= 0.3 is 0 Å². The van der Waals surface area contributed by atoms with Crippen LogP contribution < -0.4 is 10.1 Å². The molecular weight excluding hydrogens is 432 g/mol. The molecule has 1 amide bonds. The first-order valence-electron chi connectivity index (χ1n) is 10.1. The number of amides is 1. The lowest BCUT2D eigenvalue weighted by atomic mass is 10.1. The van der Waals surface area contributed by atoms with E-state index in [0.717, 1.165) is 11.1 Å². The molecule has 4 rings (SSSR count). The fraction of sp³-hybridized carbons (Fsp3) is 0.261. The second-order valence-corrected chi connectivity index (χ2v) is 10.4. The molecule has 1 fully saturated rings. The number of sulfonamides is 1. The molecule has 1 atom stereocenters. The van der Waals surface area contributed by atoms with Crippen molar-refractivity contribution in [2.75, 3.05) is 6.54 Å². The Morgan fingerprint density at radius 3 is 2.61 bits per heavy atom. The summed E-state index contributed by atoms with van der Waals surface area (Å²) >= 11 is 1.17. The minimum atomic E-state index is -3.65. The lowest BCUT2D eigenvalue weighted by Gasteiger charge is -2.23. The van der Waals surface area contributed by atoms with E-state index in [1.54, 1.807) is 17.5 Å². The van der Waals surface area contributed by atoms with Gasteiger partial charge in [0.2, 0.25) is 5.91 Å². The zero-order valence-electron chi connectivity index (χ0n) is 16.9. The molecule has 0 spiro atoms. The molecule has 2 aromatic carbocycles. The Labute approximate surface area is 186 Å². The third kappa shape index (κ3) is 4.98. The molecule has 1 aliphatic rings. The number of hydrogen-bond donors (Lipinski definition) is 1. The van der Waals surface area contributed by atoms with Crippen LogP contribution in [0.15, 0.2) is 76.3 Å². The van der Waals surface area contributed by atoms with E-state index in [2.05, 4.69) is 5.32 Å². The standard InChI is InChI=1S/C23H24N2O4S2/c26-23(20-11-6-14-25(20)31(27,28)22-13-7-15-30-22)24-16-19-10-4-5-12-21(19)29-17-18-8-2-1-3-9-18/h1-5,7-10,12-13,15,20H,6,11,14,16-17H2,(H,24,26). The zero-order chi connectivity index (χ0) is 21.7. The molecule has 0 saturated carbocycles. The van der Waals surface area contributed by atoms with Crippen LogP contribution >= 0.6 is 11.3 Å². The summed E-state index contributed by atoms with van der Waals surface area (Å²) in [6, 6.07) is 20.0. The molecule has 0 aliphatic carbocycles. The van der Waals surface area contributed by atoms with Crippen molar-refractivity contribution in [3.8, 4) is 5.75 Å².